The van der Waals surface area contributed by atoms with Crippen molar-refractivity contribution >= 4 is 0 Å². The lowest BCUT2D eigenvalue weighted by atomic mass is 9.99. The van der Waals surface area contributed by atoms with Crippen molar-refractivity contribution in [1.29, 1.82) is 0 Å². The van der Waals surface area contributed by atoms with Crippen LogP contribution in [0.3, 0.4) is 0 Å². The Hall–Kier alpha value is -0.0800. The molecule has 0 aliphatic rings. The Morgan fingerprint density at radius 3 is 2.20 bits per heavy atom. The number of aliphatic hydroxyl groups is 1. The molecule has 2 heteroatoms. The summed E-state index contributed by atoms with van der Waals surface area (Å²) in [6.07, 6.45) is 0.845. The maximum absolute atomic E-state index is 8.72. The molecule has 0 aromatic rings. The molecular formula is C8H19NO. The summed E-state index contributed by atoms with van der Waals surface area (Å²) < 4.78 is 0. The van der Waals surface area contributed by atoms with Crippen LogP contribution in [0, 0.1) is 0 Å². The van der Waals surface area contributed by atoms with Crippen LogP contribution >= 0.6 is 0 Å². The van der Waals surface area contributed by atoms with Crippen LogP contribution in [0.15, 0.2) is 0 Å². The summed E-state index contributed by atoms with van der Waals surface area (Å²) in [5.41, 5.74) is 0.142. The lowest BCUT2D eigenvalue weighted by Gasteiger charge is -2.34. The van der Waals surface area contributed by atoms with Crippen molar-refractivity contribution < 1.29 is 5.11 Å². The standard InChI is InChI=1S/C8H19NO/c1-5-9(4)8(2,3)6-7-10/h10H,5-7H2,1-4H3. The second-order valence-electron chi connectivity index (χ2n) is 3.30. The van der Waals surface area contributed by atoms with Crippen molar-refractivity contribution in [1.82, 2.24) is 4.90 Å². The minimum absolute atomic E-state index is 0.142. The van der Waals surface area contributed by atoms with Gasteiger partial charge in [0.2, 0.25) is 0 Å². The van der Waals surface area contributed by atoms with Crippen LogP contribution in [0.25, 0.3) is 0 Å². The zero-order valence-corrected chi connectivity index (χ0v) is 7.52. The first kappa shape index (κ1) is 9.92. The Morgan fingerprint density at radius 2 is 1.90 bits per heavy atom. The van der Waals surface area contributed by atoms with Gasteiger partial charge < -0.3 is 10.0 Å². The molecule has 0 amide bonds. The molecule has 0 radical (unpaired) electrons. The van der Waals surface area contributed by atoms with E-state index in [1.807, 2.05) is 0 Å². The minimum atomic E-state index is 0.142. The van der Waals surface area contributed by atoms with E-state index in [9.17, 15) is 0 Å². The molecule has 62 valence electrons. The van der Waals surface area contributed by atoms with Gasteiger partial charge in [0.05, 0.1) is 0 Å². The molecule has 1 N–H and O–H groups in total. The Labute approximate surface area is 63.8 Å². The summed E-state index contributed by atoms with van der Waals surface area (Å²) in [5, 5.41) is 8.72. The third kappa shape index (κ3) is 2.67. The fourth-order valence-corrected chi connectivity index (χ4v) is 0.892. The zero-order valence-electron chi connectivity index (χ0n) is 7.52. The first-order valence-corrected chi connectivity index (χ1v) is 3.86. The molecular weight excluding hydrogens is 126 g/mol. The maximum Gasteiger partial charge on any atom is 0.0448 e. The summed E-state index contributed by atoms with van der Waals surface area (Å²) in [5.74, 6) is 0. The third-order valence-corrected chi connectivity index (χ3v) is 2.23. The number of hydrogen-bond donors (Lipinski definition) is 1. The molecule has 2 nitrogen and oxygen atoms in total. The molecule has 0 rings (SSSR count). The van der Waals surface area contributed by atoms with Crippen LogP contribution in [0.4, 0.5) is 0 Å². The van der Waals surface area contributed by atoms with E-state index in [0.717, 1.165) is 13.0 Å². The van der Waals surface area contributed by atoms with E-state index in [0.29, 0.717) is 0 Å². The maximum atomic E-state index is 8.72. The minimum Gasteiger partial charge on any atom is -0.396 e. The molecule has 0 aromatic carbocycles. The third-order valence-electron chi connectivity index (χ3n) is 2.23. The largest absolute Gasteiger partial charge is 0.396 e. The average Bonchev–Trinajstić information content (AvgIpc) is 1.86. The van der Waals surface area contributed by atoms with E-state index in [-0.39, 0.29) is 12.1 Å². The molecule has 0 aliphatic heterocycles. The van der Waals surface area contributed by atoms with Crippen molar-refractivity contribution in [3.8, 4) is 0 Å². The van der Waals surface area contributed by atoms with Gasteiger partial charge in [0.1, 0.15) is 0 Å². The molecule has 0 saturated heterocycles. The highest BCUT2D eigenvalue weighted by Gasteiger charge is 2.20. The quantitative estimate of drug-likeness (QED) is 0.640. The number of rotatable bonds is 4. The lowest BCUT2D eigenvalue weighted by Crippen LogP contribution is -2.41. The Kier molecular flexibility index (Phi) is 3.91. The van der Waals surface area contributed by atoms with Crippen molar-refractivity contribution in [2.75, 3.05) is 20.2 Å². The van der Waals surface area contributed by atoms with E-state index in [1.54, 1.807) is 0 Å². The topological polar surface area (TPSA) is 23.5 Å². The van der Waals surface area contributed by atoms with Crippen molar-refractivity contribution in [2.45, 2.75) is 32.7 Å². The molecule has 0 heterocycles. The van der Waals surface area contributed by atoms with Crippen LogP contribution < -0.4 is 0 Å². The van der Waals surface area contributed by atoms with Crippen molar-refractivity contribution in [3.63, 3.8) is 0 Å². The molecule has 10 heavy (non-hydrogen) atoms. The first-order chi connectivity index (χ1) is 4.54. The van der Waals surface area contributed by atoms with Gasteiger partial charge in [0.15, 0.2) is 0 Å². The van der Waals surface area contributed by atoms with E-state index >= 15 is 0 Å². The molecule has 0 unspecified atom stereocenters. The van der Waals surface area contributed by atoms with Crippen molar-refractivity contribution in [2.24, 2.45) is 0 Å². The van der Waals surface area contributed by atoms with Crippen molar-refractivity contribution in [3.05, 3.63) is 0 Å². The lowest BCUT2D eigenvalue weighted by molar-refractivity contribution is 0.122. The van der Waals surface area contributed by atoms with E-state index < -0.39 is 0 Å². The molecule has 0 fully saturated rings. The molecule has 0 saturated carbocycles. The van der Waals surface area contributed by atoms with Crippen LogP contribution in [-0.2, 0) is 0 Å². The second kappa shape index (κ2) is 3.94. The monoisotopic (exact) mass is 145 g/mol. The second-order valence-corrected chi connectivity index (χ2v) is 3.30. The van der Waals surface area contributed by atoms with Gasteiger partial charge >= 0.3 is 0 Å². The van der Waals surface area contributed by atoms with E-state index in [4.69, 9.17) is 5.11 Å². The summed E-state index contributed by atoms with van der Waals surface area (Å²) in [6, 6.07) is 0. The molecule has 0 bridgehead atoms. The van der Waals surface area contributed by atoms with Crippen LogP contribution in [0.5, 0.6) is 0 Å². The van der Waals surface area contributed by atoms with Gasteiger partial charge in [-0.2, -0.15) is 0 Å². The van der Waals surface area contributed by atoms with Crippen LogP contribution in [0.1, 0.15) is 27.2 Å². The van der Waals surface area contributed by atoms with Gasteiger partial charge in [-0.25, -0.2) is 0 Å². The molecule has 0 aliphatic carbocycles. The normalized spacial score (nSPS) is 12.6. The fraction of sp³-hybridized carbons (Fsp3) is 1.00. The van der Waals surface area contributed by atoms with E-state index in [1.165, 1.54) is 0 Å². The summed E-state index contributed by atoms with van der Waals surface area (Å²) >= 11 is 0. The van der Waals surface area contributed by atoms with Gasteiger partial charge in [0, 0.05) is 12.1 Å². The van der Waals surface area contributed by atoms with Gasteiger partial charge in [-0.05, 0) is 33.9 Å². The van der Waals surface area contributed by atoms with Gasteiger partial charge in [-0.1, -0.05) is 6.92 Å². The Balaban J connectivity index is 3.82. The summed E-state index contributed by atoms with van der Waals surface area (Å²) in [6.45, 7) is 7.73. The number of hydrogen-bond acceptors (Lipinski definition) is 2. The van der Waals surface area contributed by atoms with Gasteiger partial charge in [0.25, 0.3) is 0 Å². The molecule has 0 atom stereocenters. The molecule has 0 aromatic heterocycles. The molecule has 0 spiro atoms. The predicted octanol–water partition coefficient (Wildman–Crippen LogP) is 1.10. The van der Waals surface area contributed by atoms with Gasteiger partial charge in [-0.3, -0.25) is 0 Å². The highest BCUT2D eigenvalue weighted by atomic mass is 16.3. The Morgan fingerprint density at radius 1 is 1.40 bits per heavy atom. The van der Waals surface area contributed by atoms with Crippen LogP contribution in [-0.4, -0.2) is 35.7 Å². The SMILES string of the molecule is CCN(C)C(C)(C)CCO. The number of nitrogens with zero attached hydrogens (tertiary/aromatic N) is 1. The van der Waals surface area contributed by atoms with Crippen LogP contribution in [0.2, 0.25) is 0 Å². The van der Waals surface area contributed by atoms with Gasteiger partial charge in [-0.15, -0.1) is 0 Å². The smallest absolute Gasteiger partial charge is 0.0448 e. The number of aliphatic hydroxyl groups excluding tert-OH is 1. The predicted molar refractivity (Wildman–Crippen MR) is 44.1 cm³/mol. The highest BCUT2D eigenvalue weighted by Crippen LogP contribution is 2.15. The zero-order chi connectivity index (χ0) is 8.20. The Bertz CT molecular complexity index is 91.3. The van der Waals surface area contributed by atoms with E-state index in [2.05, 4.69) is 32.7 Å². The summed E-state index contributed by atoms with van der Waals surface area (Å²) in [4.78, 5) is 2.24. The summed E-state index contributed by atoms with van der Waals surface area (Å²) in [7, 11) is 2.08. The average molecular weight is 145 g/mol. The fourth-order valence-electron chi connectivity index (χ4n) is 0.892. The highest BCUT2D eigenvalue weighted by molar-refractivity contribution is 4.77. The first-order valence-electron chi connectivity index (χ1n) is 3.86.